The van der Waals surface area contributed by atoms with Crippen molar-refractivity contribution in [2.45, 2.75) is 43.9 Å². The van der Waals surface area contributed by atoms with Crippen molar-refractivity contribution in [2.24, 2.45) is 11.8 Å². The van der Waals surface area contributed by atoms with Crippen LogP contribution in [0, 0.1) is 27.8 Å². The minimum Gasteiger partial charge on any atom is -0.258 e. The summed E-state index contributed by atoms with van der Waals surface area (Å²) < 4.78 is 13.6. The molecular weight excluding hydrogens is 325 g/mol. The molecule has 3 nitrogen and oxygen atoms in total. The molecule has 1 aromatic carbocycles. The first-order valence-corrected chi connectivity index (χ1v) is 7.99. The number of hydrogen-bond acceptors (Lipinski definition) is 2. The Morgan fingerprint density at radius 3 is 2.80 bits per heavy atom. The lowest BCUT2D eigenvalue weighted by molar-refractivity contribution is -0.387. The number of hydrogen-bond donors (Lipinski definition) is 0. The van der Waals surface area contributed by atoms with Crippen LogP contribution in [0.25, 0.3) is 0 Å². The molecule has 1 aliphatic carbocycles. The van der Waals surface area contributed by atoms with Crippen molar-refractivity contribution in [2.75, 3.05) is 0 Å². The number of nitro groups is 1. The molecule has 3 atom stereocenters. The molecule has 1 aromatic rings. The van der Waals surface area contributed by atoms with E-state index in [1.165, 1.54) is 25.0 Å². The first-order chi connectivity index (χ1) is 9.51. The van der Waals surface area contributed by atoms with Gasteiger partial charge in [0.05, 0.1) is 4.92 Å². The largest absolute Gasteiger partial charge is 0.304 e. The van der Waals surface area contributed by atoms with Crippen LogP contribution in [0.3, 0.4) is 0 Å². The fraction of sp³-hybridized carbons (Fsp3) is 0.600. The maximum absolute atomic E-state index is 13.6. The van der Waals surface area contributed by atoms with E-state index in [1.54, 1.807) is 6.07 Å². The standard InChI is InChI=1S/C15H19BrFNO2/c1-2-10-3-5-13(16)12(7-10)8-11-4-6-15(18(19)20)14(17)9-11/h4,6,9-10,12-13H,2-3,5,7-8H2,1H3. The second kappa shape index (κ2) is 6.66. The molecule has 1 saturated carbocycles. The molecule has 2 rings (SSSR count). The highest BCUT2D eigenvalue weighted by Gasteiger charge is 2.28. The number of nitro benzene ring substituents is 1. The topological polar surface area (TPSA) is 43.1 Å². The number of nitrogens with zero attached hydrogens (tertiary/aromatic N) is 1. The zero-order valence-corrected chi connectivity index (χ0v) is 13.1. The van der Waals surface area contributed by atoms with Crippen LogP contribution in [0.5, 0.6) is 0 Å². The lowest BCUT2D eigenvalue weighted by Crippen LogP contribution is -2.26. The molecule has 0 N–H and O–H groups in total. The van der Waals surface area contributed by atoms with Crippen molar-refractivity contribution < 1.29 is 9.31 Å². The van der Waals surface area contributed by atoms with Crippen molar-refractivity contribution in [3.63, 3.8) is 0 Å². The van der Waals surface area contributed by atoms with E-state index in [4.69, 9.17) is 0 Å². The maximum Gasteiger partial charge on any atom is 0.304 e. The molecule has 0 saturated heterocycles. The summed E-state index contributed by atoms with van der Waals surface area (Å²) in [6.07, 6.45) is 5.51. The smallest absolute Gasteiger partial charge is 0.258 e. The molecular formula is C15H19BrFNO2. The Labute approximate surface area is 126 Å². The first kappa shape index (κ1) is 15.4. The van der Waals surface area contributed by atoms with E-state index < -0.39 is 16.4 Å². The third kappa shape index (κ3) is 3.57. The molecule has 5 heteroatoms. The summed E-state index contributed by atoms with van der Waals surface area (Å²) in [7, 11) is 0. The van der Waals surface area contributed by atoms with Gasteiger partial charge in [0.15, 0.2) is 0 Å². The van der Waals surface area contributed by atoms with E-state index in [2.05, 4.69) is 22.9 Å². The van der Waals surface area contributed by atoms with E-state index in [1.807, 2.05) is 0 Å². The Hall–Kier alpha value is -0.970. The molecule has 1 fully saturated rings. The fourth-order valence-corrected chi connectivity index (χ4v) is 3.70. The minimum absolute atomic E-state index is 0.445. The second-order valence-electron chi connectivity index (χ2n) is 5.61. The third-order valence-corrected chi connectivity index (χ3v) is 5.49. The Kier molecular flexibility index (Phi) is 5.13. The van der Waals surface area contributed by atoms with Gasteiger partial charge in [0.25, 0.3) is 0 Å². The average molecular weight is 344 g/mol. The van der Waals surface area contributed by atoms with Crippen LogP contribution in [0.1, 0.15) is 38.2 Å². The fourth-order valence-electron chi connectivity index (χ4n) is 3.03. The lowest BCUT2D eigenvalue weighted by Gasteiger charge is -2.33. The van der Waals surface area contributed by atoms with Gasteiger partial charge >= 0.3 is 5.69 Å². The summed E-state index contributed by atoms with van der Waals surface area (Å²) in [6.45, 7) is 2.21. The molecule has 0 aliphatic heterocycles. The van der Waals surface area contributed by atoms with E-state index >= 15 is 0 Å². The highest BCUT2D eigenvalue weighted by atomic mass is 79.9. The summed E-state index contributed by atoms with van der Waals surface area (Å²) >= 11 is 3.72. The van der Waals surface area contributed by atoms with Gasteiger partial charge in [-0.25, -0.2) is 0 Å². The van der Waals surface area contributed by atoms with Crippen LogP contribution in [0.15, 0.2) is 18.2 Å². The van der Waals surface area contributed by atoms with Gasteiger partial charge in [-0.2, -0.15) is 4.39 Å². The van der Waals surface area contributed by atoms with Crippen molar-refractivity contribution in [3.8, 4) is 0 Å². The zero-order valence-electron chi connectivity index (χ0n) is 11.5. The summed E-state index contributed by atoms with van der Waals surface area (Å²) in [5, 5.41) is 10.6. The molecule has 110 valence electrons. The monoisotopic (exact) mass is 343 g/mol. The zero-order chi connectivity index (χ0) is 14.7. The van der Waals surface area contributed by atoms with Gasteiger partial charge in [0.2, 0.25) is 5.82 Å². The highest BCUT2D eigenvalue weighted by molar-refractivity contribution is 9.09. The number of halogens is 2. The predicted octanol–water partition coefficient (Wildman–Crippen LogP) is 4.87. The van der Waals surface area contributed by atoms with Crippen molar-refractivity contribution >= 4 is 21.6 Å². The molecule has 0 aromatic heterocycles. The van der Waals surface area contributed by atoms with Gasteiger partial charge < -0.3 is 0 Å². The van der Waals surface area contributed by atoms with E-state index in [0.29, 0.717) is 10.7 Å². The highest BCUT2D eigenvalue weighted by Crippen LogP contribution is 2.37. The van der Waals surface area contributed by atoms with E-state index in [0.717, 1.165) is 30.7 Å². The molecule has 1 aliphatic rings. The van der Waals surface area contributed by atoms with E-state index in [-0.39, 0.29) is 0 Å². The number of rotatable bonds is 4. The van der Waals surface area contributed by atoms with Crippen LogP contribution >= 0.6 is 15.9 Å². The Balaban J connectivity index is 2.09. The molecule has 0 radical (unpaired) electrons. The summed E-state index contributed by atoms with van der Waals surface area (Å²) in [6, 6.07) is 4.26. The Morgan fingerprint density at radius 2 is 2.20 bits per heavy atom. The van der Waals surface area contributed by atoms with Gasteiger partial charge in [0.1, 0.15) is 0 Å². The van der Waals surface area contributed by atoms with E-state index in [9.17, 15) is 14.5 Å². The summed E-state index contributed by atoms with van der Waals surface area (Å²) in [5.41, 5.74) is 0.401. The number of alkyl halides is 1. The maximum atomic E-state index is 13.6. The summed E-state index contributed by atoms with van der Waals surface area (Å²) in [5.74, 6) is 0.493. The Morgan fingerprint density at radius 1 is 1.45 bits per heavy atom. The predicted molar refractivity (Wildman–Crippen MR) is 80.6 cm³/mol. The second-order valence-corrected chi connectivity index (χ2v) is 6.79. The van der Waals surface area contributed by atoms with Gasteiger partial charge in [0, 0.05) is 10.9 Å². The van der Waals surface area contributed by atoms with Crippen LogP contribution in [-0.2, 0) is 6.42 Å². The molecule has 20 heavy (non-hydrogen) atoms. The first-order valence-electron chi connectivity index (χ1n) is 7.08. The minimum atomic E-state index is -0.735. The van der Waals surface area contributed by atoms with Crippen LogP contribution in [0.4, 0.5) is 10.1 Å². The van der Waals surface area contributed by atoms with Gasteiger partial charge in [-0.05, 0) is 49.1 Å². The van der Waals surface area contributed by atoms with Crippen LogP contribution in [-0.4, -0.2) is 9.75 Å². The van der Waals surface area contributed by atoms with Crippen molar-refractivity contribution in [3.05, 3.63) is 39.7 Å². The summed E-state index contributed by atoms with van der Waals surface area (Å²) in [4.78, 5) is 10.4. The lowest BCUT2D eigenvalue weighted by atomic mass is 9.77. The van der Waals surface area contributed by atoms with Crippen molar-refractivity contribution in [1.82, 2.24) is 0 Å². The normalized spacial score (nSPS) is 26.4. The van der Waals surface area contributed by atoms with Crippen LogP contribution < -0.4 is 0 Å². The number of benzene rings is 1. The van der Waals surface area contributed by atoms with Crippen molar-refractivity contribution in [1.29, 1.82) is 0 Å². The van der Waals surface area contributed by atoms with Gasteiger partial charge in [-0.15, -0.1) is 0 Å². The average Bonchev–Trinajstić information content (AvgIpc) is 2.41. The molecule has 0 bridgehead atoms. The Bertz CT molecular complexity index is 495. The third-order valence-electron chi connectivity index (χ3n) is 4.28. The molecule has 0 spiro atoms. The van der Waals surface area contributed by atoms with Gasteiger partial charge in [-0.3, -0.25) is 10.1 Å². The molecule has 3 unspecified atom stereocenters. The molecule has 0 amide bonds. The molecule has 0 heterocycles. The quantitative estimate of drug-likeness (QED) is 0.444. The SMILES string of the molecule is CCC1CCC(Br)C(Cc2ccc([N+](=O)[O-])c(F)c2)C1. The van der Waals surface area contributed by atoms with Gasteiger partial charge in [-0.1, -0.05) is 35.3 Å². The van der Waals surface area contributed by atoms with Crippen LogP contribution in [0.2, 0.25) is 0 Å².